The highest BCUT2D eigenvalue weighted by atomic mass is 32.2. The van der Waals surface area contributed by atoms with Gasteiger partial charge in [-0.15, -0.1) is 0 Å². The summed E-state index contributed by atoms with van der Waals surface area (Å²) in [7, 11) is -3.82. The van der Waals surface area contributed by atoms with Crippen LogP contribution in [0.25, 0.3) is 0 Å². The highest BCUT2D eigenvalue weighted by molar-refractivity contribution is 7.89. The van der Waals surface area contributed by atoms with Crippen LogP contribution in [0, 0.1) is 0 Å². The SMILES string of the molecule is O=S(=O)(c1ccc(C(F)(F)F)nc1)N1C2CCNCC1CC2. The van der Waals surface area contributed by atoms with E-state index in [0.29, 0.717) is 19.0 Å². The Morgan fingerprint density at radius 1 is 1.18 bits per heavy atom. The molecule has 5 nitrogen and oxygen atoms in total. The van der Waals surface area contributed by atoms with E-state index in [1.165, 1.54) is 4.31 Å². The van der Waals surface area contributed by atoms with Gasteiger partial charge in [-0.05, 0) is 37.9 Å². The Morgan fingerprint density at radius 3 is 2.55 bits per heavy atom. The molecule has 2 atom stereocenters. The van der Waals surface area contributed by atoms with Gasteiger partial charge in [-0.3, -0.25) is 4.98 Å². The van der Waals surface area contributed by atoms with Crippen LogP contribution in [0.4, 0.5) is 13.2 Å². The molecule has 2 aliphatic rings. The molecule has 9 heteroatoms. The standard InChI is InChI=1S/C13H16F3N3O2S/c14-13(15,16)12-4-3-11(8-18-12)22(20,21)19-9-1-2-10(19)7-17-6-5-9/h3-4,8-10,17H,1-2,5-7H2. The van der Waals surface area contributed by atoms with Gasteiger partial charge in [-0.1, -0.05) is 0 Å². The Morgan fingerprint density at radius 2 is 1.91 bits per heavy atom. The zero-order chi connectivity index (χ0) is 16.0. The lowest BCUT2D eigenvalue weighted by Gasteiger charge is -2.26. The van der Waals surface area contributed by atoms with Crippen molar-refractivity contribution >= 4 is 10.0 Å². The summed E-state index contributed by atoms with van der Waals surface area (Å²) in [5, 5.41) is 3.19. The Bertz CT molecular complexity index is 631. The van der Waals surface area contributed by atoms with Gasteiger partial charge in [-0.25, -0.2) is 8.42 Å². The number of aromatic nitrogens is 1. The smallest absolute Gasteiger partial charge is 0.315 e. The monoisotopic (exact) mass is 335 g/mol. The van der Waals surface area contributed by atoms with Crippen molar-refractivity contribution in [3.05, 3.63) is 24.0 Å². The van der Waals surface area contributed by atoms with Gasteiger partial charge in [0.25, 0.3) is 0 Å². The predicted molar refractivity (Wildman–Crippen MR) is 72.6 cm³/mol. The van der Waals surface area contributed by atoms with Gasteiger partial charge in [0.1, 0.15) is 10.6 Å². The fourth-order valence-corrected chi connectivity index (χ4v) is 5.00. The summed E-state index contributed by atoms with van der Waals surface area (Å²) in [6, 6.07) is 1.47. The normalized spacial score (nSPS) is 26.9. The van der Waals surface area contributed by atoms with Crippen molar-refractivity contribution in [3.63, 3.8) is 0 Å². The molecule has 3 heterocycles. The molecule has 2 bridgehead atoms. The van der Waals surface area contributed by atoms with Gasteiger partial charge in [-0.2, -0.15) is 17.5 Å². The lowest BCUT2D eigenvalue weighted by Crippen LogP contribution is -2.42. The predicted octanol–water partition coefficient (Wildman–Crippen LogP) is 1.62. The van der Waals surface area contributed by atoms with Gasteiger partial charge in [0.15, 0.2) is 0 Å². The molecular weight excluding hydrogens is 319 g/mol. The van der Waals surface area contributed by atoms with Crippen LogP contribution in [0.1, 0.15) is 25.0 Å². The minimum atomic E-state index is -4.58. The molecular formula is C13H16F3N3O2S. The Labute approximate surface area is 126 Å². The molecule has 3 rings (SSSR count). The number of nitrogens with zero attached hydrogens (tertiary/aromatic N) is 2. The molecule has 0 radical (unpaired) electrons. The molecule has 0 saturated carbocycles. The number of halogens is 3. The first-order valence-corrected chi connectivity index (χ1v) is 8.51. The van der Waals surface area contributed by atoms with E-state index in [4.69, 9.17) is 0 Å². The first-order chi connectivity index (χ1) is 10.3. The second kappa shape index (κ2) is 5.47. The van der Waals surface area contributed by atoms with Crippen LogP contribution in [0.5, 0.6) is 0 Å². The van der Waals surface area contributed by atoms with Crippen molar-refractivity contribution in [2.24, 2.45) is 0 Å². The van der Waals surface area contributed by atoms with Crippen LogP contribution < -0.4 is 5.32 Å². The van der Waals surface area contributed by atoms with Gasteiger partial charge in [0.05, 0.1) is 0 Å². The number of alkyl halides is 3. The highest BCUT2D eigenvalue weighted by Gasteiger charge is 2.43. The lowest BCUT2D eigenvalue weighted by atomic mass is 10.1. The molecule has 0 amide bonds. The number of fused-ring (bicyclic) bond motifs is 2. The summed E-state index contributed by atoms with van der Waals surface area (Å²) in [4.78, 5) is 3.08. The Hall–Kier alpha value is -1.19. The molecule has 1 N–H and O–H groups in total. The summed E-state index contributed by atoms with van der Waals surface area (Å²) in [5.74, 6) is 0. The molecule has 2 unspecified atom stereocenters. The average molecular weight is 335 g/mol. The third kappa shape index (κ3) is 2.72. The maximum Gasteiger partial charge on any atom is 0.433 e. The van der Waals surface area contributed by atoms with E-state index in [9.17, 15) is 21.6 Å². The van der Waals surface area contributed by atoms with Gasteiger partial charge < -0.3 is 5.32 Å². The first kappa shape index (κ1) is 15.7. The number of pyridine rings is 1. The average Bonchev–Trinajstić information content (AvgIpc) is 2.72. The van der Waals surface area contributed by atoms with Gasteiger partial charge in [0.2, 0.25) is 10.0 Å². The third-order valence-corrected chi connectivity index (χ3v) is 6.18. The second-order valence-corrected chi connectivity index (χ2v) is 7.43. The van der Waals surface area contributed by atoms with Crippen LogP contribution in [-0.2, 0) is 16.2 Å². The van der Waals surface area contributed by atoms with E-state index in [2.05, 4.69) is 10.3 Å². The first-order valence-electron chi connectivity index (χ1n) is 7.07. The highest BCUT2D eigenvalue weighted by Crippen LogP contribution is 2.34. The Balaban J connectivity index is 1.93. The molecule has 2 saturated heterocycles. The number of hydrogen-bond acceptors (Lipinski definition) is 4. The molecule has 0 aliphatic carbocycles. The third-order valence-electron chi connectivity index (χ3n) is 4.19. The van der Waals surface area contributed by atoms with Crippen LogP contribution in [0.2, 0.25) is 0 Å². The number of rotatable bonds is 2. The van der Waals surface area contributed by atoms with Gasteiger partial charge in [0, 0.05) is 24.8 Å². The van der Waals surface area contributed by atoms with Crippen LogP contribution >= 0.6 is 0 Å². The number of hydrogen-bond donors (Lipinski definition) is 1. The largest absolute Gasteiger partial charge is 0.433 e. The summed E-state index contributed by atoms with van der Waals surface area (Å²) in [6.07, 6.45) is -1.50. The van der Waals surface area contributed by atoms with Crippen molar-refractivity contribution < 1.29 is 21.6 Å². The molecule has 1 aromatic heterocycles. The molecule has 2 aliphatic heterocycles. The summed E-state index contributed by atoms with van der Waals surface area (Å²) in [5.41, 5.74) is -1.09. The maximum atomic E-state index is 12.7. The summed E-state index contributed by atoms with van der Waals surface area (Å²) in [6.45, 7) is 1.32. The quantitative estimate of drug-likeness (QED) is 0.892. The van der Waals surface area contributed by atoms with E-state index in [1.807, 2.05) is 0 Å². The van der Waals surface area contributed by atoms with Crippen molar-refractivity contribution in [2.75, 3.05) is 13.1 Å². The van der Waals surface area contributed by atoms with Crippen molar-refractivity contribution in [1.29, 1.82) is 0 Å². The van der Waals surface area contributed by atoms with Crippen LogP contribution in [0.3, 0.4) is 0 Å². The van der Waals surface area contributed by atoms with E-state index in [1.54, 1.807) is 0 Å². The fraction of sp³-hybridized carbons (Fsp3) is 0.615. The number of sulfonamides is 1. The zero-order valence-electron chi connectivity index (χ0n) is 11.7. The van der Waals surface area contributed by atoms with E-state index in [-0.39, 0.29) is 17.0 Å². The van der Waals surface area contributed by atoms with E-state index in [0.717, 1.165) is 31.6 Å². The molecule has 0 spiro atoms. The summed E-state index contributed by atoms with van der Waals surface area (Å²) < 4.78 is 64.5. The fourth-order valence-electron chi connectivity index (χ4n) is 3.15. The van der Waals surface area contributed by atoms with Crippen molar-refractivity contribution in [1.82, 2.24) is 14.6 Å². The molecule has 1 aromatic rings. The Kier molecular flexibility index (Phi) is 3.90. The summed E-state index contributed by atoms with van der Waals surface area (Å²) >= 11 is 0. The second-order valence-electron chi connectivity index (χ2n) is 5.59. The molecule has 2 fully saturated rings. The number of nitrogens with one attached hydrogen (secondary N) is 1. The van der Waals surface area contributed by atoms with Crippen molar-refractivity contribution in [3.8, 4) is 0 Å². The minimum Gasteiger partial charge on any atom is -0.315 e. The molecule has 0 aromatic carbocycles. The van der Waals surface area contributed by atoms with Crippen LogP contribution in [0.15, 0.2) is 23.2 Å². The van der Waals surface area contributed by atoms with Crippen LogP contribution in [-0.4, -0.2) is 42.9 Å². The topological polar surface area (TPSA) is 62.3 Å². The molecule has 22 heavy (non-hydrogen) atoms. The van der Waals surface area contributed by atoms with Crippen molar-refractivity contribution in [2.45, 2.75) is 42.4 Å². The molecule has 122 valence electrons. The van der Waals surface area contributed by atoms with E-state index >= 15 is 0 Å². The lowest BCUT2D eigenvalue weighted by molar-refractivity contribution is -0.141. The zero-order valence-corrected chi connectivity index (χ0v) is 12.5. The maximum absolute atomic E-state index is 12.7. The van der Waals surface area contributed by atoms with E-state index < -0.39 is 21.9 Å². The van der Waals surface area contributed by atoms with Gasteiger partial charge >= 0.3 is 6.18 Å². The minimum absolute atomic E-state index is 0.0905.